The maximum Gasteiger partial charge on any atom is 0.143 e. The molecule has 0 bridgehead atoms. The molecule has 2 heterocycles. The fourth-order valence-electron chi connectivity index (χ4n) is 17.5. The molecule has 0 saturated carbocycles. The van der Waals surface area contributed by atoms with Crippen LogP contribution in [0.3, 0.4) is 0 Å². The van der Waals surface area contributed by atoms with E-state index in [0.29, 0.717) is 0 Å². The Balaban J connectivity index is 0.000000134. The van der Waals surface area contributed by atoms with Gasteiger partial charge in [0.05, 0.1) is 0 Å². The topological polar surface area (TPSA) is 26.3 Å². The summed E-state index contributed by atoms with van der Waals surface area (Å²) in [6.45, 7) is 0. The van der Waals surface area contributed by atoms with E-state index >= 15 is 0 Å². The molecule has 20 aromatic carbocycles. The van der Waals surface area contributed by atoms with Crippen molar-refractivity contribution in [3.8, 4) is 77.9 Å². The van der Waals surface area contributed by atoms with E-state index in [2.05, 4.69) is 370 Å². The minimum atomic E-state index is 0.921. The number of rotatable bonds is 7. The van der Waals surface area contributed by atoms with Crippen LogP contribution in [0.5, 0.6) is 0 Å². The van der Waals surface area contributed by atoms with E-state index in [1.165, 1.54) is 175 Å². The summed E-state index contributed by atoms with van der Waals surface area (Å²) in [5, 5.41) is 26.8. The van der Waals surface area contributed by atoms with Crippen LogP contribution < -0.4 is 0 Å². The Bertz CT molecular complexity index is 7160. The molecule has 0 aliphatic carbocycles. The van der Waals surface area contributed by atoms with Gasteiger partial charge in [0.15, 0.2) is 0 Å². The molecule has 482 valence electrons. The van der Waals surface area contributed by atoms with E-state index in [1.54, 1.807) is 0 Å². The predicted octanol–water partition coefficient (Wildman–Crippen LogP) is 29.2. The summed E-state index contributed by atoms with van der Waals surface area (Å²) in [6, 6.07) is 137. The Morgan fingerprint density at radius 2 is 0.519 bits per heavy atom. The Morgan fingerprint density at radius 3 is 1.12 bits per heavy atom. The zero-order chi connectivity index (χ0) is 68.3. The van der Waals surface area contributed by atoms with Gasteiger partial charge in [0.1, 0.15) is 22.3 Å². The second-order valence-corrected chi connectivity index (χ2v) is 27.4. The normalized spacial score (nSPS) is 11.8. The number of fused-ring (bicyclic) bond motifs is 18. The predicted molar refractivity (Wildman–Crippen MR) is 443 cm³/mol. The van der Waals surface area contributed by atoms with Gasteiger partial charge >= 0.3 is 0 Å². The van der Waals surface area contributed by atoms with Crippen LogP contribution in [0.25, 0.3) is 219 Å². The molecule has 104 heavy (non-hydrogen) atoms. The lowest BCUT2D eigenvalue weighted by Crippen LogP contribution is -1.93. The molecule has 22 aromatic rings. The number of hydrogen-bond acceptors (Lipinski definition) is 2. The summed E-state index contributed by atoms with van der Waals surface area (Å²) in [7, 11) is 0. The van der Waals surface area contributed by atoms with Crippen molar-refractivity contribution in [2.45, 2.75) is 0 Å². The maximum atomic E-state index is 6.99. The standard InChI is InChI=1S/C52H32O.C50H30O/c1-2-15-33(16-3-1)34-17-4-5-18-40(34)50-43-19-6-8-21-45(43)51(46-22-9-7-20-44(46)50)41-28-13-25-36-35(24-12-27-38(36)41)37-26-14-29-42-39(37)31-32-49-52(42)47-23-10-11-30-48(47)53-49;1-2-15-32(16-3-1)46-39-22-10-12-24-41(39)47(42-25-13-11-23-40(42)46)43-29-28-38(36-20-8-9-21-37(36)43)45-30-33-17-5-6-18-34(33)48-44-27-26-31-14-4-7-19-35(31)49(44)51-50(45)48/h1-32H;1-30H. The highest BCUT2D eigenvalue weighted by Gasteiger charge is 2.25. The highest BCUT2D eigenvalue weighted by atomic mass is 16.3. The van der Waals surface area contributed by atoms with Crippen LogP contribution in [0.1, 0.15) is 0 Å². The molecule has 0 radical (unpaired) electrons. The molecular weight excluding hydrogens is 1260 g/mol. The van der Waals surface area contributed by atoms with Gasteiger partial charge in [0.2, 0.25) is 0 Å². The van der Waals surface area contributed by atoms with Crippen LogP contribution >= 0.6 is 0 Å². The molecule has 0 amide bonds. The lowest BCUT2D eigenvalue weighted by Gasteiger charge is -2.21. The number of hydrogen-bond donors (Lipinski definition) is 0. The molecule has 0 aliphatic rings. The first-order valence-electron chi connectivity index (χ1n) is 35.9. The molecule has 0 saturated heterocycles. The van der Waals surface area contributed by atoms with Crippen molar-refractivity contribution in [3.63, 3.8) is 0 Å². The smallest absolute Gasteiger partial charge is 0.143 e. The lowest BCUT2D eigenvalue weighted by molar-refractivity contribution is 0.669. The quantitative estimate of drug-likeness (QED) is 0.149. The van der Waals surface area contributed by atoms with E-state index in [-0.39, 0.29) is 0 Å². The van der Waals surface area contributed by atoms with Gasteiger partial charge in [-0.2, -0.15) is 0 Å². The Labute approximate surface area is 599 Å². The zero-order valence-electron chi connectivity index (χ0n) is 56.6. The minimum absolute atomic E-state index is 0.921. The molecule has 2 heteroatoms. The third-order valence-electron chi connectivity index (χ3n) is 21.9. The number of benzene rings is 20. The van der Waals surface area contributed by atoms with Gasteiger partial charge in [-0.05, 0) is 188 Å². The van der Waals surface area contributed by atoms with Gasteiger partial charge in [-0.3, -0.25) is 0 Å². The first kappa shape index (κ1) is 59.2. The van der Waals surface area contributed by atoms with Crippen molar-refractivity contribution >= 4 is 141 Å². The Kier molecular flexibility index (Phi) is 13.7. The number of furan rings is 2. The van der Waals surface area contributed by atoms with E-state index in [0.717, 1.165) is 44.1 Å². The van der Waals surface area contributed by atoms with Gasteiger partial charge in [-0.15, -0.1) is 0 Å². The maximum absolute atomic E-state index is 6.99. The average molecular weight is 1320 g/mol. The average Bonchev–Trinajstić information content (AvgIpc) is 0.907. The van der Waals surface area contributed by atoms with Crippen LogP contribution in [-0.2, 0) is 0 Å². The highest BCUT2D eigenvalue weighted by Crippen LogP contribution is 2.52. The first-order chi connectivity index (χ1) is 51.7. The van der Waals surface area contributed by atoms with Crippen LogP contribution in [0.2, 0.25) is 0 Å². The first-order valence-corrected chi connectivity index (χ1v) is 35.9. The summed E-state index contributed by atoms with van der Waals surface area (Å²) >= 11 is 0. The fraction of sp³-hybridized carbons (Fsp3) is 0. The second kappa shape index (κ2) is 24.0. The van der Waals surface area contributed by atoms with Crippen molar-refractivity contribution < 1.29 is 8.83 Å². The van der Waals surface area contributed by atoms with Crippen molar-refractivity contribution in [1.29, 1.82) is 0 Å². The van der Waals surface area contributed by atoms with Gasteiger partial charge in [-0.25, -0.2) is 0 Å². The number of para-hydroxylation sites is 1. The van der Waals surface area contributed by atoms with Crippen LogP contribution in [-0.4, -0.2) is 0 Å². The van der Waals surface area contributed by atoms with E-state index < -0.39 is 0 Å². The SMILES string of the molecule is c1ccc(-c2c3ccccc3c(-c3ccc(-c4cc5ccccc5c5c4oc4c6ccccc6ccc45)c4ccccc34)c3ccccc23)cc1.c1ccc(-c2ccccc2-c2c3ccccc3c(-c3cccc4c(-c5cccc6c5ccc5oc7ccccc7c56)cccc34)c3ccccc23)cc1. The molecule has 0 atom stereocenters. The van der Waals surface area contributed by atoms with Crippen molar-refractivity contribution in [2.75, 3.05) is 0 Å². The largest absolute Gasteiger partial charge is 0.456 e. The van der Waals surface area contributed by atoms with E-state index in [9.17, 15) is 0 Å². The highest BCUT2D eigenvalue weighted by molar-refractivity contribution is 6.30. The monoisotopic (exact) mass is 1320 g/mol. The molecule has 22 rings (SSSR count). The molecule has 0 aliphatic heterocycles. The summed E-state index contributed by atoms with van der Waals surface area (Å²) in [5.41, 5.74) is 20.9. The van der Waals surface area contributed by atoms with Gasteiger partial charge < -0.3 is 8.83 Å². The van der Waals surface area contributed by atoms with E-state index in [1.807, 2.05) is 6.07 Å². The van der Waals surface area contributed by atoms with Crippen molar-refractivity contribution in [3.05, 3.63) is 376 Å². The summed E-state index contributed by atoms with van der Waals surface area (Å²) in [4.78, 5) is 0. The Morgan fingerprint density at radius 1 is 0.144 bits per heavy atom. The van der Waals surface area contributed by atoms with Crippen LogP contribution in [0.4, 0.5) is 0 Å². The second-order valence-electron chi connectivity index (χ2n) is 27.4. The third kappa shape index (κ3) is 9.22. The molecule has 0 spiro atoms. The zero-order valence-corrected chi connectivity index (χ0v) is 56.6. The lowest BCUT2D eigenvalue weighted by atomic mass is 9.82. The molecule has 0 N–H and O–H groups in total. The minimum Gasteiger partial charge on any atom is -0.456 e. The van der Waals surface area contributed by atoms with Crippen molar-refractivity contribution in [2.24, 2.45) is 0 Å². The molecular formula is C102H62O2. The molecule has 0 unspecified atom stereocenters. The van der Waals surface area contributed by atoms with Gasteiger partial charge in [0.25, 0.3) is 0 Å². The Hall–Kier alpha value is -13.7. The van der Waals surface area contributed by atoms with Crippen LogP contribution in [0.15, 0.2) is 385 Å². The van der Waals surface area contributed by atoms with Crippen molar-refractivity contribution in [1.82, 2.24) is 0 Å². The molecule has 0 fully saturated rings. The summed E-state index contributed by atoms with van der Waals surface area (Å²) < 4.78 is 13.3. The summed E-state index contributed by atoms with van der Waals surface area (Å²) in [5.74, 6) is 0. The van der Waals surface area contributed by atoms with Gasteiger partial charge in [-0.1, -0.05) is 352 Å². The molecule has 2 aromatic heterocycles. The van der Waals surface area contributed by atoms with Gasteiger partial charge in [0, 0.05) is 32.5 Å². The van der Waals surface area contributed by atoms with Crippen LogP contribution in [0, 0.1) is 0 Å². The third-order valence-corrected chi connectivity index (χ3v) is 21.9. The molecule has 2 nitrogen and oxygen atoms in total. The summed E-state index contributed by atoms with van der Waals surface area (Å²) in [6.07, 6.45) is 0. The van der Waals surface area contributed by atoms with E-state index in [4.69, 9.17) is 8.83 Å². The fourth-order valence-corrected chi connectivity index (χ4v) is 17.5.